The first kappa shape index (κ1) is 12.3. The van der Waals surface area contributed by atoms with Crippen molar-refractivity contribution in [2.24, 2.45) is 5.92 Å². The van der Waals surface area contributed by atoms with Gasteiger partial charge in [0.25, 0.3) is 0 Å². The molecule has 0 heterocycles. The van der Waals surface area contributed by atoms with Crippen molar-refractivity contribution in [2.45, 2.75) is 65.0 Å². The van der Waals surface area contributed by atoms with Crippen LogP contribution in [0.3, 0.4) is 0 Å². The molecule has 0 spiro atoms. The largest absolute Gasteiger partial charge is 0.444 e. The van der Waals surface area contributed by atoms with Crippen molar-refractivity contribution in [3.8, 4) is 0 Å². The first-order chi connectivity index (χ1) is 6.88. The number of carbonyl (C=O) groups is 1. The third-order valence-corrected chi connectivity index (χ3v) is 2.81. The van der Waals surface area contributed by atoms with Crippen LogP contribution in [0.25, 0.3) is 0 Å². The predicted octanol–water partition coefficient (Wildman–Crippen LogP) is 3.09. The number of nitrogens with one attached hydrogen (secondary N) is 1. The average molecular weight is 213 g/mol. The highest BCUT2D eigenvalue weighted by molar-refractivity contribution is 5.68. The molecule has 2 atom stereocenters. The fourth-order valence-corrected chi connectivity index (χ4v) is 1.99. The van der Waals surface area contributed by atoms with E-state index < -0.39 is 5.60 Å². The van der Waals surface area contributed by atoms with Gasteiger partial charge in [0, 0.05) is 6.04 Å². The zero-order valence-corrected chi connectivity index (χ0v) is 10.3. The summed E-state index contributed by atoms with van der Waals surface area (Å²) in [6.45, 7) is 7.85. The maximum atomic E-state index is 11.5. The smallest absolute Gasteiger partial charge is 0.407 e. The molecule has 88 valence electrons. The molecule has 1 rings (SSSR count). The highest BCUT2D eigenvalue weighted by Gasteiger charge is 2.25. The lowest BCUT2D eigenvalue weighted by atomic mass is 9.86. The molecule has 0 aliphatic heterocycles. The minimum Gasteiger partial charge on any atom is -0.444 e. The van der Waals surface area contributed by atoms with Crippen LogP contribution in [0.15, 0.2) is 0 Å². The van der Waals surface area contributed by atoms with Crippen molar-refractivity contribution in [1.29, 1.82) is 0 Å². The lowest BCUT2D eigenvalue weighted by molar-refractivity contribution is 0.0473. The minimum absolute atomic E-state index is 0.277. The van der Waals surface area contributed by atoms with E-state index in [2.05, 4.69) is 12.2 Å². The van der Waals surface area contributed by atoms with Crippen LogP contribution in [-0.4, -0.2) is 17.7 Å². The first-order valence-corrected chi connectivity index (χ1v) is 5.88. The van der Waals surface area contributed by atoms with E-state index in [4.69, 9.17) is 4.74 Å². The molecule has 0 bridgehead atoms. The highest BCUT2D eigenvalue weighted by atomic mass is 16.6. The Morgan fingerprint density at radius 3 is 2.40 bits per heavy atom. The third kappa shape index (κ3) is 4.54. The maximum absolute atomic E-state index is 11.5. The maximum Gasteiger partial charge on any atom is 0.407 e. The predicted molar refractivity (Wildman–Crippen MR) is 60.8 cm³/mol. The summed E-state index contributed by atoms with van der Waals surface area (Å²) in [7, 11) is 0. The number of hydrogen-bond donors (Lipinski definition) is 1. The second-order valence-corrected chi connectivity index (χ2v) is 5.51. The van der Waals surface area contributed by atoms with Crippen LogP contribution in [0.4, 0.5) is 4.79 Å². The van der Waals surface area contributed by atoms with Gasteiger partial charge in [0.05, 0.1) is 0 Å². The van der Waals surface area contributed by atoms with Crippen LogP contribution < -0.4 is 5.32 Å². The molecule has 0 radical (unpaired) electrons. The van der Waals surface area contributed by atoms with Gasteiger partial charge in [-0.2, -0.15) is 0 Å². The van der Waals surface area contributed by atoms with Crippen LogP contribution in [0.5, 0.6) is 0 Å². The van der Waals surface area contributed by atoms with Crippen molar-refractivity contribution >= 4 is 6.09 Å². The summed E-state index contributed by atoms with van der Waals surface area (Å²) in [5, 5.41) is 2.96. The van der Waals surface area contributed by atoms with Crippen molar-refractivity contribution in [2.75, 3.05) is 0 Å². The van der Waals surface area contributed by atoms with E-state index in [1.165, 1.54) is 19.3 Å². The molecule has 1 aliphatic rings. The van der Waals surface area contributed by atoms with E-state index in [-0.39, 0.29) is 6.09 Å². The van der Waals surface area contributed by atoms with Gasteiger partial charge in [-0.1, -0.05) is 19.8 Å². The summed E-state index contributed by atoms with van der Waals surface area (Å²) in [4.78, 5) is 11.5. The fourth-order valence-electron chi connectivity index (χ4n) is 1.99. The lowest BCUT2D eigenvalue weighted by Gasteiger charge is -2.30. The molecule has 1 aliphatic carbocycles. The van der Waals surface area contributed by atoms with Crippen LogP contribution in [0.1, 0.15) is 53.4 Å². The van der Waals surface area contributed by atoms with Crippen molar-refractivity contribution in [3.63, 3.8) is 0 Å². The van der Waals surface area contributed by atoms with Crippen LogP contribution in [0, 0.1) is 5.92 Å². The minimum atomic E-state index is -0.401. The Labute approximate surface area is 92.6 Å². The summed E-state index contributed by atoms with van der Waals surface area (Å²) < 4.78 is 5.24. The second kappa shape index (κ2) is 4.86. The van der Waals surface area contributed by atoms with Gasteiger partial charge in [0.15, 0.2) is 0 Å². The molecule has 1 unspecified atom stereocenters. The van der Waals surface area contributed by atoms with Gasteiger partial charge in [-0.25, -0.2) is 4.79 Å². The number of rotatable bonds is 1. The summed E-state index contributed by atoms with van der Waals surface area (Å²) in [6, 6.07) is 0.300. The van der Waals surface area contributed by atoms with Crippen molar-refractivity contribution < 1.29 is 9.53 Å². The van der Waals surface area contributed by atoms with Gasteiger partial charge >= 0.3 is 6.09 Å². The molecule has 3 heteroatoms. The number of hydrogen-bond acceptors (Lipinski definition) is 2. The number of alkyl carbamates (subject to hydrolysis) is 1. The molecule has 15 heavy (non-hydrogen) atoms. The normalized spacial score (nSPS) is 27.2. The van der Waals surface area contributed by atoms with E-state index in [1.807, 2.05) is 20.8 Å². The van der Waals surface area contributed by atoms with E-state index in [0.29, 0.717) is 12.0 Å². The lowest BCUT2D eigenvalue weighted by Crippen LogP contribution is -2.43. The van der Waals surface area contributed by atoms with E-state index in [9.17, 15) is 4.79 Å². The first-order valence-electron chi connectivity index (χ1n) is 5.88. The van der Waals surface area contributed by atoms with Gasteiger partial charge in [-0.05, 0) is 39.5 Å². The molecular weight excluding hydrogens is 190 g/mol. The summed E-state index contributed by atoms with van der Waals surface area (Å²) in [6.07, 6.45) is 4.51. The zero-order chi connectivity index (χ0) is 11.5. The van der Waals surface area contributed by atoms with Gasteiger partial charge in [0.2, 0.25) is 0 Å². The Morgan fingerprint density at radius 1 is 1.27 bits per heavy atom. The molecule has 0 aromatic heterocycles. The molecule has 3 nitrogen and oxygen atoms in total. The number of ether oxygens (including phenoxy) is 1. The Kier molecular flexibility index (Phi) is 4.00. The Hall–Kier alpha value is -0.730. The Bertz CT molecular complexity index is 220. The van der Waals surface area contributed by atoms with Crippen LogP contribution in [-0.2, 0) is 4.74 Å². The van der Waals surface area contributed by atoms with Gasteiger partial charge < -0.3 is 10.1 Å². The number of carbonyl (C=O) groups excluding carboxylic acids is 1. The molecule has 0 aromatic carbocycles. The van der Waals surface area contributed by atoms with E-state index in [1.54, 1.807) is 0 Å². The van der Waals surface area contributed by atoms with Crippen molar-refractivity contribution in [1.82, 2.24) is 5.32 Å². The second-order valence-electron chi connectivity index (χ2n) is 5.51. The fraction of sp³-hybridized carbons (Fsp3) is 0.917. The number of amides is 1. The SMILES string of the molecule is C[C@H]1CCCCC1NC(=O)OC(C)(C)C. The van der Waals surface area contributed by atoms with Crippen LogP contribution in [0.2, 0.25) is 0 Å². The van der Waals surface area contributed by atoms with Crippen LogP contribution >= 0.6 is 0 Å². The molecule has 1 fully saturated rings. The Morgan fingerprint density at radius 2 is 1.87 bits per heavy atom. The van der Waals surface area contributed by atoms with Crippen molar-refractivity contribution in [3.05, 3.63) is 0 Å². The average Bonchev–Trinajstić information content (AvgIpc) is 2.05. The third-order valence-electron chi connectivity index (χ3n) is 2.81. The quantitative estimate of drug-likeness (QED) is 0.727. The molecule has 0 saturated heterocycles. The molecular formula is C12H23NO2. The monoisotopic (exact) mass is 213 g/mol. The zero-order valence-electron chi connectivity index (χ0n) is 10.3. The highest BCUT2D eigenvalue weighted by Crippen LogP contribution is 2.23. The summed E-state index contributed by atoms with van der Waals surface area (Å²) in [5.41, 5.74) is -0.401. The van der Waals surface area contributed by atoms with Gasteiger partial charge in [0.1, 0.15) is 5.60 Å². The standard InChI is InChI=1S/C12H23NO2/c1-9-7-5-6-8-10(9)13-11(14)15-12(2,3)4/h9-10H,5-8H2,1-4H3,(H,13,14)/t9-,10?/m0/s1. The Balaban J connectivity index is 2.36. The molecule has 1 saturated carbocycles. The molecule has 0 aromatic rings. The van der Waals surface area contributed by atoms with Gasteiger partial charge in [-0.3, -0.25) is 0 Å². The molecule has 1 amide bonds. The van der Waals surface area contributed by atoms with Gasteiger partial charge in [-0.15, -0.1) is 0 Å². The van der Waals surface area contributed by atoms with E-state index in [0.717, 1.165) is 6.42 Å². The summed E-state index contributed by atoms with van der Waals surface area (Å²) >= 11 is 0. The molecule has 1 N–H and O–H groups in total. The van der Waals surface area contributed by atoms with E-state index >= 15 is 0 Å². The summed E-state index contributed by atoms with van der Waals surface area (Å²) in [5.74, 6) is 0.575. The topological polar surface area (TPSA) is 38.3 Å².